The predicted octanol–water partition coefficient (Wildman–Crippen LogP) is 3.47. The number of halogens is 1. The molecule has 108 valence electrons. The number of hydrogen-bond donors (Lipinski definition) is 1. The van der Waals surface area contributed by atoms with Crippen LogP contribution in [0.1, 0.15) is 38.4 Å². The lowest BCUT2D eigenvalue weighted by atomic mass is 9.80. The highest BCUT2D eigenvalue weighted by atomic mass is 35.5. The fourth-order valence-corrected chi connectivity index (χ4v) is 2.38. The van der Waals surface area contributed by atoms with Crippen molar-refractivity contribution < 1.29 is 14.6 Å². The van der Waals surface area contributed by atoms with Gasteiger partial charge in [0.2, 0.25) is 0 Å². The van der Waals surface area contributed by atoms with Gasteiger partial charge in [-0.1, -0.05) is 18.5 Å². The lowest BCUT2D eigenvalue weighted by Gasteiger charge is -2.27. The first-order valence-corrected chi connectivity index (χ1v) is 7.08. The first kappa shape index (κ1) is 15.0. The molecule has 1 aliphatic rings. The van der Waals surface area contributed by atoms with Gasteiger partial charge in [-0.05, 0) is 31.0 Å². The third kappa shape index (κ3) is 2.70. The van der Waals surface area contributed by atoms with Crippen molar-refractivity contribution in [2.24, 2.45) is 5.41 Å². The molecule has 0 spiro atoms. The zero-order valence-corrected chi connectivity index (χ0v) is 12.4. The maximum Gasteiger partial charge on any atom is 0.179 e. The number of aliphatic hydroxyl groups is 1. The molecule has 0 saturated carbocycles. The lowest BCUT2D eigenvalue weighted by molar-refractivity contribution is 0.0719. The number of ether oxygens (including phenoxy) is 2. The maximum absolute atomic E-state index is 10.5. The summed E-state index contributed by atoms with van der Waals surface area (Å²) in [7, 11) is 0. The van der Waals surface area contributed by atoms with Gasteiger partial charge in [-0.25, -0.2) is 0 Å². The number of nitriles is 1. The van der Waals surface area contributed by atoms with Crippen LogP contribution in [0.2, 0.25) is 5.02 Å². The number of fused-ring (bicyclic) bond motifs is 1. The predicted molar refractivity (Wildman–Crippen MR) is 76.0 cm³/mol. The summed E-state index contributed by atoms with van der Waals surface area (Å²) in [5, 5.41) is 20.1. The molecule has 0 aliphatic carbocycles. The van der Waals surface area contributed by atoms with Crippen LogP contribution in [0.3, 0.4) is 0 Å². The first-order chi connectivity index (χ1) is 9.51. The van der Waals surface area contributed by atoms with Gasteiger partial charge in [-0.3, -0.25) is 0 Å². The maximum atomic E-state index is 10.5. The Balaban J connectivity index is 2.42. The van der Waals surface area contributed by atoms with Gasteiger partial charge in [-0.2, -0.15) is 5.26 Å². The molecule has 1 aromatic rings. The van der Waals surface area contributed by atoms with E-state index in [4.69, 9.17) is 21.1 Å². The van der Waals surface area contributed by atoms with Crippen LogP contribution in [0.15, 0.2) is 12.1 Å². The van der Waals surface area contributed by atoms with Gasteiger partial charge in [-0.15, -0.1) is 0 Å². The zero-order chi connectivity index (χ0) is 14.8. The summed E-state index contributed by atoms with van der Waals surface area (Å²) in [6.45, 7) is 4.71. The summed E-state index contributed by atoms with van der Waals surface area (Å²) in [4.78, 5) is 0. The van der Waals surface area contributed by atoms with Crippen LogP contribution in [0.4, 0.5) is 0 Å². The molecule has 1 heterocycles. The zero-order valence-electron chi connectivity index (χ0n) is 11.6. The number of nitrogens with zero attached hydrogens (tertiary/aromatic N) is 1. The van der Waals surface area contributed by atoms with E-state index in [2.05, 4.69) is 6.07 Å². The number of rotatable bonds is 3. The summed E-state index contributed by atoms with van der Waals surface area (Å²) in [5.41, 5.74) is -0.284. The molecule has 0 radical (unpaired) electrons. The van der Waals surface area contributed by atoms with Crippen LogP contribution >= 0.6 is 11.6 Å². The molecule has 2 rings (SSSR count). The molecule has 0 saturated heterocycles. The molecule has 4 nitrogen and oxygen atoms in total. The molecule has 0 aromatic heterocycles. The molecule has 2 unspecified atom stereocenters. The molecule has 20 heavy (non-hydrogen) atoms. The molecule has 1 aromatic carbocycles. The minimum atomic E-state index is -0.924. The van der Waals surface area contributed by atoms with Crippen molar-refractivity contribution in [3.63, 3.8) is 0 Å². The van der Waals surface area contributed by atoms with Gasteiger partial charge in [0.1, 0.15) is 0 Å². The average molecular weight is 296 g/mol. The topological polar surface area (TPSA) is 62.5 Å². The van der Waals surface area contributed by atoms with Crippen LogP contribution in [0.25, 0.3) is 0 Å². The monoisotopic (exact) mass is 295 g/mol. The average Bonchev–Trinajstić information content (AvgIpc) is 2.71. The second-order valence-electron chi connectivity index (χ2n) is 5.17. The summed E-state index contributed by atoms with van der Waals surface area (Å²) < 4.78 is 11.1. The minimum absolute atomic E-state index is 0.398. The normalized spacial score (nSPS) is 18.6. The highest BCUT2D eigenvalue weighted by Gasteiger charge is 2.33. The van der Waals surface area contributed by atoms with E-state index >= 15 is 0 Å². The van der Waals surface area contributed by atoms with Crippen LogP contribution < -0.4 is 9.47 Å². The molecule has 0 amide bonds. The Morgan fingerprint density at radius 2 is 2.15 bits per heavy atom. The molecular weight excluding hydrogens is 278 g/mol. The van der Waals surface area contributed by atoms with Crippen LogP contribution in [0.5, 0.6) is 11.5 Å². The smallest absolute Gasteiger partial charge is 0.179 e. The summed E-state index contributed by atoms with van der Waals surface area (Å²) in [6.07, 6.45) is 0.400. The van der Waals surface area contributed by atoms with Crippen molar-refractivity contribution in [2.75, 3.05) is 13.2 Å². The second-order valence-corrected chi connectivity index (χ2v) is 5.57. The van der Waals surface area contributed by atoms with Crippen molar-refractivity contribution >= 4 is 11.6 Å². The van der Waals surface area contributed by atoms with Gasteiger partial charge in [0.25, 0.3) is 0 Å². The largest absolute Gasteiger partial charge is 0.489 e. The lowest BCUT2D eigenvalue weighted by Crippen LogP contribution is -2.23. The Morgan fingerprint density at radius 3 is 2.80 bits per heavy atom. The van der Waals surface area contributed by atoms with E-state index in [-0.39, 0.29) is 0 Å². The van der Waals surface area contributed by atoms with Gasteiger partial charge < -0.3 is 14.6 Å². The molecule has 1 N–H and O–H groups in total. The van der Waals surface area contributed by atoms with Crippen molar-refractivity contribution in [3.05, 3.63) is 22.7 Å². The number of aliphatic hydroxyl groups excluding tert-OH is 1. The van der Waals surface area contributed by atoms with E-state index in [0.29, 0.717) is 41.7 Å². The fraction of sp³-hybridized carbons (Fsp3) is 0.533. The summed E-state index contributed by atoms with van der Waals surface area (Å²) in [5.74, 6) is 1.04. The Labute approximate surface area is 123 Å². The molecule has 1 aliphatic heterocycles. The quantitative estimate of drug-likeness (QED) is 0.927. The van der Waals surface area contributed by atoms with Gasteiger partial charge in [0, 0.05) is 6.42 Å². The van der Waals surface area contributed by atoms with E-state index in [1.807, 2.05) is 6.92 Å². The third-order valence-corrected chi connectivity index (χ3v) is 4.01. The second kappa shape index (κ2) is 5.90. The van der Waals surface area contributed by atoms with Crippen LogP contribution in [-0.4, -0.2) is 18.3 Å². The highest BCUT2D eigenvalue weighted by molar-refractivity contribution is 6.32. The summed E-state index contributed by atoms with van der Waals surface area (Å²) in [6, 6.07) is 5.53. The third-order valence-electron chi connectivity index (χ3n) is 3.73. The van der Waals surface area contributed by atoms with Gasteiger partial charge in [0.05, 0.1) is 35.8 Å². The van der Waals surface area contributed by atoms with Gasteiger partial charge >= 0.3 is 0 Å². The number of hydrogen-bond acceptors (Lipinski definition) is 4. The van der Waals surface area contributed by atoms with Crippen molar-refractivity contribution in [3.8, 4) is 17.6 Å². The Bertz CT molecular complexity index is 541. The van der Waals surface area contributed by atoms with Gasteiger partial charge in [0.15, 0.2) is 11.5 Å². The van der Waals surface area contributed by atoms with E-state index in [1.54, 1.807) is 19.1 Å². The highest BCUT2D eigenvalue weighted by Crippen LogP contribution is 2.43. The standard InChI is InChI=1S/C15H18ClNO3/c1-3-15(2,9-17)14(18)10-7-11(16)13-12(8-10)19-5-4-6-20-13/h7-8,14,18H,3-6H2,1-2H3. The van der Waals surface area contributed by atoms with Crippen molar-refractivity contribution in [1.82, 2.24) is 0 Å². The van der Waals surface area contributed by atoms with Crippen molar-refractivity contribution in [1.29, 1.82) is 5.26 Å². The van der Waals surface area contributed by atoms with E-state index in [1.165, 1.54) is 0 Å². The molecule has 0 bridgehead atoms. The summed E-state index contributed by atoms with van der Waals surface area (Å²) >= 11 is 6.20. The van der Waals surface area contributed by atoms with Crippen molar-refractivity contribution in [2.45, 2.75) is 32.8 Å². The fourth-order valence-electron chi connectivity index (χ4n) is 2.11. The SMILES string of the molecule is CCC(C)(C#N)C(O)c1cc(Cl)c2c(c1)OCCCO2. The molecule has 5 heteroatoms. The molecular formula is C15H18ClNO3. The number of benzene rings is 1. The Kier molecular flexibility index (Phi) is 4.42. The molecule has 0 fully saturated rings. The Morgan fingerprint density at radius 1 is 1.45 bits per heavy atom. The van der Waals surface area contributed by atoms with Crippen LogP contribution in [-0.2, 0) is 0 Å². The van der Waals surface area contributed by atoms with Crippen LogP contribution in [0, 0.1) is 16.7 Å². The van der Waals surface area contributed by atoms with E-state index < -0.39 is 11.5 Å². The van der Waals surface area contributed by atoms with E-state index in [0.717, 1.165) is 6.42 Å². The Hall–Kier alpha value is -1.44. The minimum Gasteiger partial charge on any atom is -0.489 e. The first-order valence-electron chi connectivity index (χ1n) is 6.70. The molecule has 2 atom stereocenters. The van der Waals surface area contributed by atoms with E-state index in [9.17, 15) is 10.4 Å².